The smallest absolute Gasteiger partial charge is 0.269 e. The summed E-state index contributed by atoms with van der Waals surface area (Å²) in [5.41, 5.74) is 1.92. The molecule has 0 saturated heterocycles. The fraction of sp³-hybridized carbons (Fsp3) is 0.316. The lowest BCUT2D eigenvalue weighted by atomic mass is 10.1. The summed E-state index contributed by atoms with van der Waals surface area (Å²) in [6.07, 6.45) is 0. The third kappa shape index (κ3) is 5.34. The molecule has 0 aliphatic carbocycles. The minimum atomic E-state index is -0.416. The van der Waals surface area contributed by atoms with E-state index in [2.05, 4.69) is 15.6 Å². The average Bonchev–Trinajstić information content (AvgIpc) is 2.70. The van der Waals surface area contributed by atoms with Crippen LogP contribution in [0.3, 0.4) is 0 Å². The third-order valence-electron chi connectivity index (χ3n) is 4.09. The van der Waals surface area contributed by atoms with Crippen molar-refractivity contribution in [3.8, 4) is 11.5 Å². The van der Waals surface area contributed by atoms with Gasteiger partial charge in [-0.2, -0.15) is 0 Å². The highest BCUT2D eigenvalue weighted by Crippen LogP contribution is 2.29. The van der Waals surface area contributed by atoms with Crippen LogP contribution < -0.4 is 20.1 Å². The molecule has 0 amide bonds. The molecule has 2 N–H and O–H groups in total. The van der Waals surface area contributed by atoms with Gasteiger partial charge >= 0.3 is 0 Å². The number of nitrogens with zero attached hydrogens (tertiary/aromatic N) is 2. The molecule has 27 heavy (non-hydrogen) atoms. The molecule has 8 heteroatoms. The standard InChI is InChI=1S/C19H24N4O4/c1-13(17-11-16(26-3)9-10-18(17)27-4)22-19(20-2)21-12-14-5-7-15(8-6-14)23(24)25/h5-11,13H,12H2,1-4H3,(H2,20,21,22). The molecule has 0 fully saturated rings. The van der Waals surface area contributed by atoms with Gasteiger partial charge in [-0.25, -0.2) is 0 Å². The maximum absolute atomic E-state index is 10.7. The van der Waals surface area contributed by atoms with Gasteiger partial charge in [0.05, 0.1) is 25.2 Å². The molecule has 8 nitrogen and oxygen atoms in total. The lowest BCUT2D eigenvalue weighted by Crippen LogP contribution is -2.38. The third-order valence-corrected chi connectivity index (χ3v) is 4.09. The van der Waals surface area contributed by atoms with Gasteiger partial charge in [-0.15, -0.1) is 0 Å². The molecule has 1 unspecified atom stereocenters. The molecule has 2 rings (SSSR count). The van der Waals surface area contributed by atoms with E-state index in [-0.39, 0.29) is 11.7 Å². The second-order valence-corrected chi connectivity index (χ2v) is 5.82. The molecule has 0 aromatic heterocycles. The van der Waals surface area contributed by atoms with Gasteiger partial charge < -0.3 is 20.1 Å². The number of ether oxygens (including phenoxy) is 2. The number of methoxy groups -OCH3 is 2. The van der Waals surface area contributed by atoms with E-state index in [0.29, 0.717) is 12.5 Å². The highest BCUT2D eigenvalue weighted by Gasteiger charge is 2.14. The van der Waals surface area contributed by atoms with Gasteiger partial charge in [-0.3, -0.25) is 15.1 Å². The van der Waals surface area contributed by atoms with Crippen molar-refractivity contribution >= 4 is 11.6 Å². The SMILES string of the molecule is CN=C(NCc1ccc([N+](=O)[O-])cc1)NC(C)c1cc(OC)ccc1OC. The van der Waals surface area contributed by atoms with Crippen LogP contribution in [-0.4, -0.2) is 32.2 Å². The van der Waals surface area contributed by atoms with Crippen LogP contribution in [0, 0.1) is 10.1 Å². The second kappa shape index (κ2) is 9.42. The summed E-state index contributed by atoms with van der Waals surface area (Å²) in [5.74, 6) is 2.10. The summed E-state index contributed by atoms with van der Waals surface area (Å²) < 4.78 is 10.7. The fourth-order valence-corrected chi connectivity index (χ4v) is 2.58. The molecule has 0 aliphatic rings. The molecular formula is C19H24N4O4. The van der Waals surface area contributed by atoms with Gasteiger partial charge in [0.15, 0.2) is 5.96 Å². The topological polar surface area (TPSA) is 98.0 Å². The summed E-state index contributed by atoms with van der Waals surface area (Å²) in [6, 6.07) is 11.9. The van der Waals surface area contributed by atoms with Crippen LogP contribution in [0.2, 0.25) is 0 Å². The van der Waals surface area contributed by atoms with E-state index in [1.165, 1.54) is 12.1 Å². The summed E-state index contributed by atoms with van der Waals surface area (Å²) in [6.45, 7) is 2.48. The van der Waals surface area contributed by atoms with Crippen LogP contribution >= 0.6 is 0 Å². The van der Waals surface area contributed by atoms with Gasteiger partial charge in [0.1, 0.15) is 11.5 Å². The number of nitro groups is 1. The highest BCUT2D eigenvalue weighted by molar-refractivity contribution is 5.80. The Bertz CT molecular complexity index is 806. The average molecular weight is 372 g/mol. The number of nitro benzene ring substituents is 1. The minimum absolute atomic E-state index is 0.0694. The Kier molecular flexibility index (Phi) is 6.99. The summed E-state index contributed by atoms with van der Waals surface area (Å²) >= 11 is 0. The van der Waals surface area contributed by atoms with Crippen molar-refractivity contribution in [1.29, 1.82) is 0 Å². The molecule has 2 aromatic rings. The van der Waals surface area contributed by atoms with Gasteiger partial charge in [0.25, 0.3) is 5.69 Å². The highest BCUT2D eigenvalue weighted by atomic mass is 16.6. The molecule has 144 valence electrons. The first kappa shape index (κ1) is 20.0. The monoisotopic (exact) mass is 372 g/mol. The van der Waals surface area contributed by atoms with Crippen molar-refractivity contribution < 1.29 is 14.4 Å². The molecule has 2 aromatic carbocycles. The Hall–Kier alpha value is -3.29. The maximum atomic E-state index is 10.7. The number of hydrogen-bond acceptors (Lipinski definition) is 5. The maximum Gasteiger partial charge on any atom is 0.269 e. The molecule has 0 radical (unpaired) electrons. The van der Waals surface area contributed by atoms with E-state index in [4.69, 9.17) is 9.47 Å². The van der Waals surface area contributed by atoms with Crippen LogP contribution in [0.1, 0.15) is 24.1 Å². The first-order chi connectivity index (χ1) is 13.0. The Labute approximate surface area is 158 Å². The van der Waals surface area contributed by atoms with Crippen molar-refractivity contribution in [2.75, 3.05) is 21.3 Å². The predicted molar refractivity (Wildman–Crippen MR) is 104 cm³/mol. The van der Waals surface area contributed by atoms with Gasteiger partial charge in [0, 0.05) is 31.3 Å². The molecular weight excluding hydrogens is 348 g/mol. The van der Waals surface area contributed by atoms with Crippen LogP contribution in [0.5, 0.6) is 11.5 Å². The van der Waals surface area contributed by atoms with Crippen LogP contribution in [0.15, 0.2) is 47.5 Å². The summed E-state index contributed by atoms with van der Waals surface area (Å²) in [4.78, 5) is 14.5. The first-order valence-electron chi connectivity index (χ1n) is 8.41. The van der Waals surface area contributed by atoms with E-state index in [0.717, 1.165) is 22.6 Å². The fourth-order valence-electron chi connectivity index (χ4n) is 2.58. The quantitative estimate of drug-likeness (QED) is 0.335. The summed E-state index contributed by atoms with van der Waals surface area (Å²) in [7, 11) is 4.93. The number of nitrogens with one attached hydrogen (secondary N) is 2. The van der Waals surface area contributed by atoms with Crippen molar-refractivity contribution in [3.63, 3.8) is 0 Å². The Morgan fingerprint density at radius 1 is 1.19 bits per heavy atom. The lowest BCUT2D eigenvalue weighted by molar-refractivity contribution is -0.384. The van der Waals surface area contributed by atoms with E-state index < -0.39 is 4.92 Å². The largest absolute Gasteiger partial charge is 0.497 e. The van der Waals surface area contributed by atoms with Crippen molar-refractivity contribution in [2.24, 2.45) is 4.99 Å². The zero-order valence-corrected chi connectivity index (χ0v) is 15.9. The predicted octanol–water partition coefficient (Wildman–Crippen LogP) is 3.04. The number of non-ortho nitro benzene ring substituents is 1. The number of guanidine groups is 1. The molecule has 0 bridgehead atoms. The van der Waals surface area contributed by atoms with Crippen molar-refractivity contribution in [2.45, 2.75) is 19.5 Å². The van der Waals surface area contributed by atoms with Crippen molar-refractivity contribution in [1.82, 2.24) is 10.6 Å². The molecule has 0 aliphatic heterocycles. The molecule has 0 spiro atoms. The molecule has 1 atom stereocenters. The van der Waals surface area contributed by atoms with Gasteiger partial charge in [0.2, 0.25) is 0 Å². The first-order valence-corrected chi connectivity index (χ1v) is 8.41. The zero-order chi connectivity index (χ0) is 19.8. The van der Waals surface area contributed by atoms with E-state index >= 15 is 0 Å². The van der Waals surface area contributed by atoms with Gasteiger partial charge in [-0.1, -0.05) is 12.1 Å². The molecule has 0 saturated carbocycles. The van der Waals surface area contributed by atoms with Crippen LogP contribution in [0.25, 0.3) is 0 Å². The Morgan fingerprint density at radius 2 is 1.89 bits per heavy atom. The Morgan fingerprint density at radius 3 is 2.44 bits per heavy atom. The summed E-state index contributed by atoms with van der Waals surface area (Å²) in [5, 5.41) is 17.2. The number of aliphatic imine (C=N–C) groups is 1. The minimum Gasteiger partial charge on any atom is -0.497 e. The number of rotatable bonds is 7. The van der Waals surface area contributed by atoms with E-state index in [1.807, 2.05) is 25.1 Å². The second-order valence-electron chi connectivity index (χ2n) is 5.82. The van der Waals surface area contributed by atoms with Crippen LogP contribution in [0.4, 0.5) is 5.69 Å². The van der Waals surface area contributed by atoms with Crippen LogP contribution in [-0.2, 0) is 6.54 Å². The Balaban J connectivity index is 2.03. The number of hydrogen-bond donors (Lipinski definition) is 2. The lowest BCUT2D eigenvalue weighted by Gasteiger charge is -2.21. The molecule has 0 heterocycles. The van der Waals surface area contributed by atoms with E-state index in [9.17, 15) is 10.1 Å². The zero-order valence-electron chi connectivity index (χ0n) is 15.9. The number of benzene rings is 2. The van der Waals surface area contributed by atoms with Gasteiger partial charge in [-0.05, 0) is 30.7 Å². The normalized spacial score (nSPS) is 12.2. The van der Waals surface area contributed by atoms with Crippen molar-refractivity contribution in [3.05, 3.63) is 63.7 Å². The van der Waals surface area contributed by atoms with E-state index in [1.54, 1.807) is 33.4 Å².